The van der Waals surface area contributed by atoms with Crippen molar-refractivity contribution in [2.24, 2.45) is 0 Å². The first-order valence-corrected chi connectivity index (χ1v) is 4.11. The maximum atomic E-state index is 5.71. The van der Waals surface area contributed by atoms with E-state index in [1.165, 1.54) is 0 Å². The smallest absolute Gasteiger partial charge is 0.0734 e. The Morgan fingerprint density at radius 3 is 2.20 bits per heavy atom. The van der Waals surface area contributed by atoms with Crippen LogP contribution in [0.3, 0.4) is 0 Å². The maximum absolute atomic E-state index is 5.71. The SMILES string of the molecule is [Si]c1cc(Cl)cc(Cl)c1Cl. The molecule has 0 nitrogen and oxygen atoms in total. The van der Waals surface area contributed by atoms with Crippen LogP contribution in [0.5, 0.6) is 0 Å². The van der Waals surface area contributed by atoms with Crippen molar-refractivity contribution < 1.29 is 0 Å². The average Bonchev–Trinajstić information content (AvgIpc) is 1.82. The summed E-state index contributed by atoms with van der Waals surface area (Å²) in [6.07, 6.45) is 0. The zero-order valence-corrected chi connectivity index (χ0v) is 8.06. The summed E-state index contributed by atoms with van der Waals surface area (Å²) in [4.78, 5) is 0. The Kier molecular flexibility index (Phi) is 2.64. The van der Waals surface area contributed by atoms with Crippen LogP contribution < -0.4 is 5.19 Å². The van der Waals surface area contributed by atoms with Crippen LogP contribution in [0.15, 0.2) is 12.1 Å². The van der Waals surface area contributed by atoms with Crippen molar-refractivity contribution in [3.63, 3.8) is 0 Å². The van der Waals surface area contributed by atoms with Crippen LogP contribution in [0.1, 0.15) is 0 Å². The van der Waals surface area contributed by atoms with Crippen LogP contribution >= 0.6 is 34.8 Å². The van der Waals surface area contributed by atoms with Gasteiger partial charge < -0.3 is 0 Å². The van der Waals surface area contributed by atoms with Gasteiger partial charge in [0.25, 0.3) is 0 Å². The van der Waals surface area contributed by atoms with Gasteiger partial charge in [-0.15, -0.1) is 0 Å². The molecule has 1 aromatic carbocycles. The van der Waals surface area contributed by atoms with E-state index < -0.39 is 0 Å². The molecule has 0 bridgehead atoms. The minimum absolute atomic E-state index is 0.458. The van der Waals surface area contributed by atoms with E-state index in [2.05, 4.69) is 10.2 Å². The lowest BCUT2D eigenvalue weighted by Gasteiger charge is -1.99. The Bertz CT molecular complexity index is 236. The lowest BCUT2D eigenvalue weighted by molar-refractivity contribution is 1.76. The monoisotopic (exact) mass is 207 g/mol. The molecule has 0 amide bonds. The van der Waals surface area contributed by atoms with Crippen molar-refractivity contribution in [3.05, 3.63) is 27.2 Å². The predicted molar refractivity (Wildman–Crippen MR) is 46.9 cm³/mol. The van der Waals surface area contributed by atoms with Gasteiger partial charge in [0.2, 0.25) is 0 Å². The molecule has 0 aromatic heterocycles. The van der Waals surface area contributed by atoms with Gasteiger partial charge in [-0.3, -0.25) is 0 Å². The summed E-state index contributed by atoms with van der Waals surface area (Å²) in [6, 6.07) is 3.28. The summed E-state index contributed by atoms with van der Waals surface area (Å²) in [5, 5.41) is 2.22. The van der Waals surface area contributed by atoms with E-state index in [1.54, 1.807) is 12.1 Å². The minimum atomic E-state index is 0.458. The minimum Gasteiger partial charge on any atom is -0.0843 e. The molecule has 0 heterocycles. The average molecular weight is 209 g/mol. The van der Waals surface area contributed by atoms with E-state index in [0.717, 1.165) is 0 Å². The first-order valence-electron chi connectivity index (χ1n) is 2.47. The molecular weight excluding hydrogens is 207 g/mol. The molecule has 1 aromatic rings. The van der Waals surface area contributed by atoms with Gasteiger partial charge in [-0.25, -0.2) is 0 Å². The van der Waals surface area contributed by atoms with Gasteiger partial charge in [0.05, 0.1) is 20.3 Å². The third-order valence-corrected chi connectivity index (χ3v) is 2.57. The largest absolute Gasteiger partial charge is 0.0843 e. The van der Waals surface area contributed by atoms with Gasteiger partial charge in [-0.05, 0) is 17.3 Å². The predicted octanol–water partition coefficient (Wildman–Crippen LogP) is 2.44. The van der Waals surface area contributed by atoms with Crippen molar-refractivity contribution in [3.8, 4) is 0 Å². The van der Waals surface area contributed by atoms with Crippen LogP contribution in [0.25, 0.3) is 0 Å². The second kappa shape index (κ2) is 3.14. The van der Waals surface area contributed by atoms with Crippen LogP contribution in [0.4, 0.5) is 0 Å². The van der Waals surface area contributed by atoms with E-state index in [9.17, 15) is 0 Å². The number of hydrogen-bond acceptors (Lipinski definition) is 0. The second-order valence-electron chi connectivity index (χ2n) is 1.75. The highest BCUT2D eigenvalue weighted by Gasteiger charge is 2.01. The second-order valence-corrected chi connectivity index (χ2v) is 3.51. The fourth-order valence-electron chi connectivity index (χ4n) is 0.556. The summed E-state index contributed by atoms with van der Waals surface area (Å²) in [7, 11) is 3.25. The highest BCUT2D eigenvalue weighted by Crippen LogP contribution is 2.22. The zero-order chi connectivity index (χ0) is 7.72. The Morgan fingerprint density at radius 1 is 1.10 bits per heavy atom. The fourth-order valence-corrected chi connectivity index (χ4v) is 1.62. The molecule has 4 heteroatoms. The van der Waals surface area contributed by atoms with Gasteiger partial charge in [0, 0.05) is 5.02 Å². The molecule has 10 heavy (non-hydrogen) atoms. The van der Waals surface area contributed by atoms with Gasteiger partial charge >= 0.3 is 0 Å². The third-order valence-electron chi connectivity index (χ3n) is 0.993. The molecule has 0 saturated heterocycles. The number of hydrogen-bond donors (Lipinski definition) is 0. The van der Waals surface area contributed by atoms with Gasteiger partial charge in [-0.2, -0.15) is 0 Å². The fraction of sp³-hybridized carbons (Fsp3) is 0. The standard InChI is InChI=1S/C6H2Cl3Si/c7-3-1-4(8)6(9)5(10)2-3/h1-2H. The lowest BCUT2D eigenvalue weighted by atomic mass is 10.3. The Morgan fingerprint density at radius 2 is 1.70 bits per heavy atom. The zero-order valence-electron chi connectivity index (χ0n) is 4.79. The molecule has 0 spiro atoms. The molecule has 0 atom stereocenters. The van der Waals surface area contributed by atoms with Crippen LogP contribution in [0.2, 0.25) is 15.1 Å². The highest BCUT2D eigenvalue weighted by molar-refractivity contribution is 6.51. The van der Waals surface area contributed by atoms with E-state index in [0.29, 0.717) is 20.3 Å². The summed E-state index contributed by atoms with van der Waals surface area (Å²) < 4.78 is 0. The summed E-state index contributed by atoms with van der Waals surface area (Å²) in [5.41, 5.74) is 0. The number of benzene rings is 1. The van der Waals surface area contributed by atoms with Crippen LogP contribution in [-0.2, 0) is 0 Å². The van der Waals surface area contributed by atoms with Crippen LogP contribution in [0, 0.1) is 0 Å². The topological polar surface area (TPSA) is 0 Å². The van der Waals surface area contributed by atoms with Crippen molar-refractivity contribution >= 4 is 50.2 Å². The first-order chi connectivity index (χ1) is 4.61. The molecule has 0 N–H and O–H groups in total. The lowest BCUT2D eigenvalue weighted by Crippen LogP contribution is -2.03. The van der Waals surface area contributed by atoms with E-state index in [4.69, 9.17) is 34.8 Å². The molecule has 0 unspecified atom stereocenters. The molecule has 51 valence electrons. The summed E-state index contributed by atoms with van der Waals surface area (Å²) >= 11 is 17.0. The van der Waals surface area contributed by atoms with Gasteiger partial charge in [0.15, 0.2) is 0 Å². The van der Waals surface area contributed by atoms with Gasteiger partial charge in [0.1, 0.15) is 0 Å². The molecule has 3 radical (unpaired) electrons. The van der Waals surface area contributed by atoms with E-state index in [-0.39, 0.29) is 0 Å². The first kappa shape index (κ1) is 8.40. The van der Waals surface area contributed by atoms with Crippen LogP contribution in [-0.4, -0.2) is 10.2 Å². The van der Waals surface area contributed by atoms with Crippen molar-refractivity contribution in [1.29, 1.82) is 0 Å². The Balaban J connectivity index is 3.31. The van der Waals surface area contributed by atoms with E-state index in [1.807, 2.05) is 0 Å². The molecule has 0 fully saturated rings. The van der Waals surface area contributed by atoms with Crippen molar-refractivity contribution in [2.75, 3.05) is 0 Å². The van der Waals surface area contributed by atoms with Gasteiger partial charge in [-0.1, -0.05) is 34.8 Å². The normalized spacial score (nSPS) is 10.0. The quantitative estimate of drug-likeness (QED) is 0.454. The molecule has 0 aliphatic carbocycles. The molecule has 0 aliphatic heterocycles. The van der Waals surface area contributed by atoms with Crippen molar-refractivity contribution in [1.82, 2.24) is 0 Å². The molecule has 0 saturated carbocycles. The van der Waals surface area contributed by atoms with Crippen molar-refractivity contribution in [2.45, 2.75) is 0 Å². The number of rotatable bonds is 0. The third kappa shape index (κ3) is 1.67. The Hall–Kier alpha value is 0.307. The summed E-state index contributed by atoms with van der Waals surface area (Å²) in [6.45, 7) is 0. The summed E-state index contributed by atoms with van der Waals surface area (Å²) in [5.74, 6) is 0. The molecule has 0 aliphatic rings. The highest BCUT2D eigenvalue weighted by atomic mass is 35.5. The molecule has 1 rings (SSSR count). The molecular formula is C6H2Cl3Si. The number of halogens is 3. The maximum Gasteiger partial charge on any atom is 0.0734 e. The van der Waals surface area contributed by atoms with E-state index >= 15 is 0 Å². The Labute approximate surface area is 77.5 Å².